The molecule has 0 saturated heterocycles. The van der Waals surface area contributed by atoms with E-state index in [2.05, 4.69) is 23.8 Å². The van der Waals surface area contributed by atoms with Crippen molar-refractivity contribution >= 4 is 40.0 Å². The summed E-state index contributed by atoms with van der Waals surface area (Å²) in [5, 5.41) is 14.3. The molecular weight excluding hydrogens is 438 g/mol. The van der Waals surface area contributed by atoms with Crippen LogP contribution in [0.2, 0.25) is 5.02 Å². The van der Waals surface area contributed by atoms with E-state index in [1.54, 1.807) is 6.07 Å². The molecule has 172 valence electrons. The molecule has 7 heteroatoms. The SMILES string of the molecule is C=CC(=O)Nc1cccc(-c2c(Cl)cc(CC(N)=O)c3[nH]c4c(c23)CCC(C)(CO)C4)c1C. The van der Waals surface area contributed by atoms with Crippen molar-refractivity contribution in [2.24, 2.45) is 11.1 Å². The fraction of sp³-hybridized carbons (Fsp3) is 0.308. The van der Waals surface area contributed by atoms with Gasteiger partial charge in [-0.1, -0.05) is 37.2 Å². The van der Waals surface area contributed by atoms with Crippen molar-refractivity contribution in [3.05, 3.63) is 64.3 Å². The molecule has 1 aromatic heterocycles. The molecule has 0 aliphatic heterocycles. The molecule has 2 amide bonds. The zero-order valence-corrected chi connectivity index (χ0v) is 19.6. The smallest absolute Gasteiger partial charge is 0.247 e. The van der Waals surface area contributed by atoms with Crippen molar-refractivity contribution in [1.82, 2.24) is 4.98 Å². The Labute approximate surface area is 197 Å². The first kappa shape index (κ1) is 23.1. The van der Waals surface area contributed by atoms with Gasteiger partial charge < -0.3 is 21.1 Å². The van der Waals surface area contributed by atoms with Crippen LogP contribution in [0.25, 0.3) is 22.0 Å². The van der Waals surface area contributed by atoms with Crippen LogP contribution in [0.4, 0.5) is 5.69 Å². The summed E-state index contributed by atoms with van der Waals surface area (Å²) >= 11 is 6.86. The molecule has 5 N–H and O–H groups in total. The van der Waals surface area contributed by atoms with Crippen molar-refractivity contribution in [2.75, 3.05) is 11.9 Å². The van der Waals surface area contributed by atoms with Crippen LogP contribution in [0, 0.1) is 12.3 Å². The number of H-pyrrole nitrogens is 1. The zero-order chi connectivity index (χ0) is 23.9. The van der Waals surface area contributed by atoms with Crippen LogP contribution in [0.5, 0.6) is 0 Å². The van der Waals surface area contributed by atoms with Gasteiger partial charge in [-0.25, -0.2) is 0 Å². The maximum Gasteiger partial charge on any atom is 0.247 e. The number of hydrogen-bond acceptors (Lipinski definition) is 3. The predicted octanol–water partition coefficient (Wildman–Crippen LogP) is 4.44. The van der Waals surface area contributed by atoms with Gasteiger partial charge in [0, 0.05) is 34.0 Å². The predicted molar refractivity (Wildman–Crippen MR) is 132 cm³/mol. The number of primary amides is 1. The van der Waals surface area contributed by atoms with Crippen LogP contribution >= 0.6 is 11.6 Å². The van der Waals surface area contributed by atoms with Gasteiger partial charge in [0.2, 0.25) is 11.8 Å². The first-order chi connectivity index (χ1) is 15.7. The number of nitrogens with two attached hydrogens (primary N) is 1. The van der Waals surface area contributed by atoms with E-state index in [1.807, 2.05) is 25.1 Å². The molecule has 0 saturated carbocycles. The molecule has 2 aromatic carbocycles. The summed E-state index contributed by atoms with van der Waals surface area (Å²) in [5.41, 5.74) is 12.4. The van der Waals surface area contributed by atoms with Gasteiger partial charge in [-0.15, -0.1) is 0 Å². The van der Waals surface area contributed by atoms with Crippen LogP contribution in [0.3, 0.4) is 0 Å². The third-order valence-corrected chi connectivity index (χ3v) is 6.98. The van der Waals surface area contributed by atoms with Crippen molar-refractivity contribution in [1.29, 1.82) is 0 Å². The number of anilines is 1. The van der Waals surface area contributed by atoms with Gasteiger partial charge in [0.15, 0.2) is 0 Å². The van der Waals surface area contributed by atoms with E-state index in [1.165, 1.54) is 6.08 Å². The number of carbonyl (C=O) groups excluding carboxylic acids is 2. The average molecular weight is 466 g/mol. The van der Waals surface area contributed by atoms with Crippen LogP contribution in [-0.4, -0.2) is 28.5 Å². The third kappa shape index (κ3) is 4.16. The highest BCUT2D eigenvalue weighted by molar-refractivity contribution is 6.35. The molecule has 33 heavy (non-hydrogen) atoms. The lowest BCUT2D eigenvalue weighted by Crippen LogP contribution is -2.29. The van der Waals surface area contributed by atoms with Crippen molar-refractivity contribution in [3.8, 4) is 11.1 Å². The van der Waals surface area contributed by atoms with E-state index in [0.29, 0.717) is 17.1 Å². The molecule has 0 radical (unpaired) electrons. The van der Waals surface area contributed by atoms with Crippen LogP contribution < -0.4 is 11.1 Å². The lowest BCUT2D eigenvalue weighted by molar-refractivity contribution is -0.117. The summed E-state index contributed by atoms with van der Waals surface area (Å²) in [7, 11) is 0. The molecule has 0 fully saturated rings. The van der Waals surface area contributed by atoms with E-state index in [-0.39, 0.29) is 24.3 Å². The molecule has 0 spiro atoms. The Hall–Kier alpha value is -3.09. The zero-order valence-electron chi connectivity index (χ0n) is 18.8. The number of rotatable bonds is 6. The van der Waals surface area contributed by atoms with Crippen molar-refractivity contribution in [2.45, 2.75) is 39.5 Å². The molecule has 0 bridgehead atoms. The summed E-state index contributed by atoms with van der Waals surface area (Å²) in [6.07, 6.45) is 3.63. The Morgan fingerprint density at radius 2 is 2.15 bits per heavy atom. The van der Waals surface area contributed by atoms with Crippen molar-refractivity contribution in [3.63, 3.8) is 0 Å². The van der Waals surface area contributed by atoms with Gasteiger partial charge in [-0.05, 0) is 72.1 Å². The van der Waals surface area contributed by atoms with Gasteiger partial charge in [0.1, 0.15) is 0 Å². The summed E-state index contributed by atoms with van der Waals surface area (Å²) in [4.78, 5) is 27.2. The number of nitrogens with one attached hydrogen (secondary N) is 2. The number of carbonyl (C=O) groups is 2. The largest absolute Gasteiger partial charge is 0.396 e. The normalized spacial score (nSPS) is 17.6. The number of halogens is 1. The van der Waals surface area contributed by atoms with Crippen molar-refractivity contribution < 1.29 is 14.7 Å². The first-order valence-corrected chi connectivity index (χ1v) is 11.3. The summed E-state index contributed by atoms with van der Waals surface area (Å²) in [6.45, 7) is 7.65. The standard InChI is InChI=1S/C26H28ClN3O3/c1-4-22(33)29-19-7-5-6-16(14(19)2)23-18(27)10-15(11-21(28)32)25-24(23)17-8-9-26(3,13-31)12-20(17)30-25/h4-7,10,30-31H,1,8-9,11-13H2,2-3H3,(H2,28,32)(H,29,33). The number of aryl methyl sites for hydroxylation is 1. The number of fused-ring (bicyclic) bond motifs is 3. The number of aromatic amines is 1. The molecular formula is C26H28ClN3O3. The van der Waals surface area contributed by atoms with Gasteiger partial charge in [-0.3, -0.25) is 9.59 Å². The number of amides is 2. The topological polar surface area (TPSA) is 108 Å². The maximum atomic E-state index is 11.9. The Balaban J connectivity index is 2.00. The molecule has 6 nitrogen and oxygen atoms in total. The highest BCUT2D eigenvalue weighted by Gasteiger charge is 2.33. The molecule has 1 atom stereocenters. The second kappa shape index (κ2) is 8.69. The highest BCUT2D eigenvalue weighted by Crippen LogP contribution is 2.46. The minimum atomic E-state index is -0.432. The van der Waals surface area contributed by atoms with Gasteiger partial charge in [-0.2, -0.15) is 0 Å². The fourth-order valence-electron chi connectivity index (χ4n) is 4.84. The quantitative estimate of drug-likeness (QED) is 0.404. The van der Waals surface area contributed by atoms with Crippen LogP contribution in [0.1, 0.15) is 35.7 Å². The molecule has 1 aliphatic rings. The number of aliphatic hydroxyl groups is 1. The lowest BCUT2D eigenvalue weighted by Gasteiger charge is -2.31. The van der Waals surface area contributed by atoms with Crippen LogP contribution in [0.15, 0.2) is 36.9 Å². The second-order valence-electron chi connectivity index (χ2n) is 9.18. The molecule has 3 aromatic rings. The molecule has 1 heterocycles. The van der Waals surface area contributed by atoms with Gasteiger partial charge >= 0.3 is 0 Å². The molecule has 1 unspecified atom stereocenters. The minimum absolute atomic E-state index is 0.0710. The number of aliphatic hydroxyl groups excluding tert-OH is 1. The average Bonchev–Trinajstić information content (AvgIpc) is 3.13. The summed E-state index contributed by atoms with van der Waals surface area (Å²) in [5.74, 6) is -0.719. The Kier molecular flexibility index (Phi) is 6.08. The monoisotopic (exact) mass is 465 g/mol. The summed E-state index contributed by atoms with van der Waals surface area (Å²) in [6, 6.07) is 7.49. The Morgan fingerprint density at radius 3 is 2.82 bits per heavy atom. The second-order valence-corrected chi connectivity index (χ2v) is 9.59. The van der Waals surface area contributed by atoms with Crippen LogP contribution in [-0.2, 0) is 28.9 Å². The highest BCUT2D eigenvalue weighted by atomic mass is 35.5. The van der Waals surface area contributed by atoms with E-state index in [0.717, 1.165) is 57.3 Å². The summed E-state index contributed by atoms with van der Waals surface area (Å²) < 4.78 is 0. The van der Waals surface area contributed by atoms with Gasteiger partial charge in [0.05, 0.1) is 11.9 Å². The van der Waals surface area contributed by atoms with E-state index in [9.17, 15) is 14.7 Å². The maximum absolute atomic E-state index is 11.9. The van der Waals surface area contributed by atoms with E-state index in [4.69, 9.17) is 17.3 Å². The number of hydrogen-bond donors (Lipinski definition) is 4. The lowest BCUT2D eigenvalue weighted by atomic mass is 9.75. The minimum Gasteiger partial charge on any atom is -0.396 e. The first-order valence-electron chi connectivity index (χ1n) is 10.9. The number of benzene rings is 2. The molecule has 4 rings (SSSR count). The van der Waals surface area contributed by atoms with E-state index < -0.39 is 5.91 Å². The van der Waals surface area contributed by atoms with Gasteiger partial charge in [0.25, 0.3) is 0 Å². The molecule has 1 aliphatic carbocycles. The Bertz CT molecular complexity index is 1290. The fourth-order valence-corrected chi connectivity index (χ4v) is 5.17. The number of aromatic nitrogens is 1. The Morgan fingerprint density at radius 1 is 1.39 bits per heavy atom. The van der Waals surface area contributed by atoms with E-state index >= 15 is 0 Å². The third-order valence-electron chi connectivity index (χ3n) is 6.68.